The maximum absolute atomic E-state index is 12.7. The van der Waals surface area contributed by atoms with Gasteiger partial charge in [-0.15, -0.1) is 23.1 Å². The summed E-state index contributed by atoms with van der Waals surface area (Å²) in [5.74, 6) is 0.622. The molecule has 2 N–H and O–H groups in total. The number of thioether (sulfide) groups is 1. The molecule has 3 rings (SSSR count). The molecule has 1 unspecified atom stereocenters. The van der Waals surface area contributed by atoms with Crippen LogP contribution in [0.25, 0.3) is 11.3 Å². The third-order valence-corrected chi connectivity index (χ3v) is 6.23. The fourth-order valence-electron chi connectivity index (χ4n) is 2.81. The number of hydrogen-bond acceptors (Lipinski definition) is 6. The number of anilines is 2. The molecule has 6 nitrogen and oxygen atoms in total. The third kappa shape index (κ3) is 6.57. The number of benzene rings is 2. The lowest BCUT2D eigenvalue weighted by Gasteiger charge is -2.12. The first-order valence-corrected chi connectivity index (χ1v) is 11.7. The van der Waals surface area contributed by atoms with Crippen molar-refractivity contribution in [2.45, 2.75) is 36.8 Å². The highest BCUT2D eigenvalue weighted by atomic mass is 32.2. The van der Waals surface area contributed by atoms with E-state index in [9.17, 15) is 9.59 Å². The van der Waals surface area contributed by atoms with Crippen molar-refractivity contribution in [1.29, 1.82) is 0 Å². The van der Waals surface area contributed by atoms with Crippen molar-refractivity contribution in [3.8, 4) is 17.0 Å². The molecule has 162 valence electrons. The summed E-state index contributed by atoms with van der Waals surface area (Å²) in [4.78, 5) is 29.9. The Morgan fingerprint density at radius 1 is 1.16 bits per heavy atom. The summed E-state index contributed by atoms with van der Waals surface area (Å²) >= 11 is 2.81. The molecule has 0 spiro atoms. The van der Waals surface area contributed by atoms with Gasteiger partial charge in [0.25, 0.3) is 0 Å². The highest BCUT2D eigenvalue weighted by Gasteiger charge is 2.17. The molecule has 3 aromatic rings. The first-order valence-electron chi connectivity index (χ1n) is 9.96. The second-order valence-electron chi connectivity index (χ2n) is 6.85. The summed E-state index contributed by atoms with van der Waals surface area (Å²) in [7, 11) is 1.62. The van der Waals surface area contributed by atoms with Crippen molar-refractivity contribution < 1.29 is 14.3 Å². The Morgan fingerprint density at radius 2 is 1.97 bits per heavy atom. The maximum atomic E-state index is 12.7. The first kappa shape index (κ1) is 22.8. The second kappa shape index (κ2) is 11.0. The fraction of sp³-hybridized carbons (Fsp3) is 0.261. The topological polar surface area (TPSA) is 80.3 Å². The van der Waals surface area contributed by atoms with Gasteiger partial charge >= 0.3 is 0 Å². The summed E-state index contributed by atoms with van der Waals surface area (Å²) in [5.41, 5.74) is 2.45. The molecule has 1 atom stereocenters. The number of hydrogen-bond donors (Lipinski definition) is 2. The fourth-order valence-corrected chi connectivity index (χ4v) is 4.46. The Hall–Kier alpha value is -2.84. The van der Waals surface area contributed by atoms with Crippen LogP contribution in [0.1, 0.15) is 26.7 Å². The van der Waals surface area contributed by atoms with Crippen LogP contribution in [-0.4, -0.2) is 29.2 Å². The SMILES string of the molecule is CCCC(=O)Nc1cccc(SC(C)C(=O)Nc2nc(-c3cccc(OC)c3)cs2)c1. The van der Waals surface area contributed by atoms with Gasteiger partial charge in [-0.25, -0.2) is 4.98 Å². The van der Waals surface area contributed by atoms with Gasteiger partial charge in [-0.2, -0.15) is 0 Å². The smallest absolute Gasteiger partial charge is 0.239 e. The minimum absolute atomic E-state index is 0.00829. The number of nitrogens with one attached hydrogen (secondary N) is 2. The van der Waals surface area contributed by atoms with Gasteiger partial charge in [0.15, 0.2) is 5.13 Å². The Bertz CT molecular complexity index is 1050. The lowest BCUT2D eigenvalue weighted by atomic mass is 10.2. The number of rotatable bonds is 9. The van der Waals surface area contributed by atoms with E-state index in [0.717, 1.165) is 34.0 Å². The van der Waals surface area contributed by atoms with Crippen LogP contribution in [0.3, 0.4) is 0 Å². The zero-order valence-electron chi connectivity index (χ0n) is 17.7. The van der Waals surface area contributed by atoms with Crippen molar-refractivity contribution in [3.05, 3.63) is 53.9 Å². The van der Waals surface area contributed by atoms with Gasteiger partial charge in [0.2, 0.25) is 11.8 Å². The molecule has 0 saturated carbocycles. The van der Waals surface area contributed by atoms with Gasteiger partial charge in [0, 0.05) is 27.9 Å². The lowest BCUT2D eigenvalue weighted by Crippen LogP contribution is -2.22. The molecule has 0 aliphatic rings. The number of nitrogens with zero attached hydrogens (tertiary/aromatic N) is 1. The quantitative estimate of drug-likeness (QED) is 0.406. The normalized spacial score (nSPS) is 11.6. The van der Waals surface area contributed by atoms with Gasteiger partial charge < -0.3 is 15.4 Å². The number of carbonyl (C=O) groups excluding carboxylic acids is 2. The highest BCUT2D eigenvalue weighted by Crippen LogP contribution is 2.29. The largest absolute Gasteiger partial charge is 0.497 e. The van der Waals surface area contributed by atoms with Crippen LogP contribution in [0, 0.1) is 0 Å². The maximum Gasteiger partial charge on any atom is 0.239 e. The molecule has 8 heteroatoms. The molecule has 1 heterocycles. The molecule has 2 aromatic carbocycles. The number of ether oxygens (including phenoxy) is 1. The number of methoxy groups -OCH3 is 1. The van der Waals surface area contributed by atoms with E-state index in [0.29, 0.717) is 11.6 Å². The van der Waals surface area contributed by atoms with Crippen molar-refractivity contribution in [2.24, 2.45) is 0 Å². The van der Waals surface area contributed by atoms with Crippen LogP contribution in [0.2, 0.25) is 0 Å². The average molecular weight is 456 g/mol. The molecule has 0 bridgehead atoms. The molecule has 0 aliphatic carbocycles. The molecule has 31 heavy (non-hydrogen) atoms. The molecule has 1 aromatic heterocycles. The van der Waals surface area contributed by atoms with E-state index >= 15 is 0 Å². The van der Waals surface area contributed by atoms with Crippen LogP contribution in [0.5, 0.6) is 5.75 Å². The van der Waals surface area contributed by atoms with Crippen molar-refractivity contribution >= 4 is 45.7 Å². The Morgan fingerprint density at radius 3 is 2.74 bits per heavy atom. The standard InChI is InChI=1S/C23H25N3O3S2/c1-4-7-21(27)24-17-9-6-11-19(13-17)31-15(2)22(28)26-23-25-20(14-30-23)16-8-5-10-18(12-16)29-3/h5-6,8-15H,4,7H2,1-3H3,(H,24,27)(H,25,26,28). The van der Waals surface area contributed by atoms with Gasteiger partial charge in [-0.05, 0) is 43.7 Å². The summed E-state index contributed by atoms with van der Waals surface area (Å²) in [5, 5.41) is 7.90. The van der Waals surface area contributed by atoms with Crippen LogP contribution in [-0.2, 0) is 9.59 Å². The molecule has 0 aliphatic heterocycles. The van der Waals surface area contributed by atoms with Crippen LogP contribution in [0.15, 0.2) is 58.8 Å². The predicted molar refractivity (Wildman–Crippen MR) is 128 cm³/mol. The number of thiazole rings is 1. The zero-order valence-corrected chi connectivity index (χ0v) is 19.3. The van der Waals surface area contributed by atoms with Gasteiger partial charge in [-0.1, -0.05) is 25.1 Å². The second-order valence-corrected chi connectivity index (χ2v) is 9.12. The molecule has 0 fully saturated rings. The summed E-state index contributed by atoms with van der Waals surface area (Å²) in [6, 6.07) is 15.2. The van der Waals surface area contributed by atoms with Crippen LogP contribution in [0.4, 0.5) is 10.8 Å². The zero-order chi connectivity index (χ0) is 22.2. The lowest BCUT2D eigenvalue weighted by molar-refractivity contribution is -0.116. The Labute approximate surface area is 190 Å². The average Bonchev–Trinajstić information content (AvgIpc) is 3.22. The van der Waals surface area contributed by atoms with E-state index in [-0.39, 0.29) is 17.1 Å². The van der Waals surface area contributed by atoms with Crippen molar-refractivity contribution in [2.75, 3.05) is 17.7 Å². The third-order valence-electron chi connectivity index (χ3n) is 4.38. The molecular formula is C23H25N3O3S2. The molecule has 2 amide bonds. The van der Waals surface area contributed by atoms with Crippen molar-refractivity contribution in [1.82, 2.24) is 4.98 Å². The Kier molecular flexibility index (Phi) is 8.08. The van der Waals surface area contributed by atoms with Crippen LogP contribution < -0.4 is 15.4 Å². The number of aromatic nitrogens is 1. The Balaban J connectivity index is 1.60. The summed E-state index contributed by atoms with van der Waals surface area (Å²) < 4.78 is 5.26. The van der Waals surface area contributed by atoms with Crippen LogP contribution >= 0.6 is 23.1 Å². The minimum Gasteiger partial charge on any atom is -0.497 e. The summed E-state index contributed by atoms with van der Waals surface area (Å²) in [6.45, 7) is 3.81. The van der Waals surface area contributed by atoms with E-state index in [1.807, 2.05) is 67.8 Å². The van der Waals surface area contributed by atoms with E-state index in [2.05, 4.69) is 15.6 Å². The predicted octanol–water partition coefficient (Wildman–Crippen LogP) is 5.68. The summed E-state index contributed by atoms with van der Waals surface area (Å²) in [6.07, 6.45) is 1.29. The molecule has 0 radical (unpaired) electrons. The van der Waals surface area contributed by atoms with Gasteiger partial charge in [-0.3, -0.25) is 9.59 Å². The first-order chi connectivity index (χ1) is 15.0. The highest BCUT2D eigenvalue weighted by molar-refractivity contribution is 8.00. The van der Waals surface area contributed by atoms with E-state index in [4.69, 9.17) is 4.74 Å². The van der Waals surface area contributed by atoms with Gasteiger partial charge in [0.1, 0.15) is 5.75 Å². The van der Waals surface area contributed by atoms with E-state index in [1.54, 1.807) is 7.11 Å². The number of carbonyl (C=O) groups is 2. The number of amides is 2. The minimum atomic E-state index is -0.328. The molecule has 0 saturated heterocycles. The monoisotopic (exact) mass is 455 g/mol. The van der Waals surface area contributed by atoms with Gasteiger partial charge in [0.05, 0.1) is 18.1 Å². The van der Waals surface area contributed by atoms with Crippen molar-refractivity contribution in [3.63, 3.8) is 0 Å². The van der Waals surface area contributed by atoms with E-state index in [1.165, 1.54) is 23.1 Å². The van der Waals surface area contributed by atoms with E-state index < -0.39 is 0 Å². The molecular weight excluding hydrogens is 430 g/mol.